The molecule has 1 aromatic heterocycles. The molecule has 0 spiro atoms. The molecule has 0 bridgehead atoms. The molecule has 2 rings (SSSR count). The molecule has 0 aliphatic rings. The van der Waals surface area contributed by atoms with Crippen LogP contribution in [0, 0.1) is 12.8 Å². The molecule has 0 amide bonds. The van der Waals surface area contributed by atoms with E-state index in [1.165, 1.54) is 0 Å². The Balaban J connectivity index is 2.12. The minimum Gasteiger partial charge on any atom is -0.481 e. The SMILES string of the molecule is CCC(Cc1ccc(-c2csc(C)n2)cc1)C(=O)O. The van der Waals surface area contributed by atoms with Crippen LogP contribution in [0.25, 0.3) is 11.3 Å². The molecular weight excluding hydrogens is 258 g/mol. The third kappa shape index (κ3) is 3.41. The van der Waals surface area contributed by atoms with E-state index in [2.05, 4.69) is 4.98 Å². The molecule has 0 saturated carbocycles. The first kappa shape index (κ1) is 13.7. The number of nitrogens with zero attached hydrogens (tertiary/aromatic N) is 1. The summed E-state index contributed by atoms with van der Waals surface area (Å²) in [6, 6.07) is 8.02. The van der Waals surface area contributed by atoms with Gasteiger partial charge >= 0.3 is 5.97 Å². The molecule has 1 aromatic carbocycles. The average Bonchev–Trinajstić information content (AvgIpc) is 2.83. The summed E-state index contributed by atoms with van der Waals surface area (Å²) in [6.45, 7) is 3.90. The molecule has 100 valence electrons. The van der Waals surface area contributed by atoms with E-state index < -0.39 is 5.97 Å². The standard InChI is InChI=1S/C15H17NO2S/c1-3-12(15(17)18)8-11-4-6-13(7-5-11)14-9-19-10(2)16-14/h4-7,9,12H,3,8H2,1-2H3,(H,17,18). The first-order valence-corrected chi connectivity index (χ1v) is 7.22. The number of carboxylic acid groups (broad SMARTS) is 1. The number of rotatable bonds is 5. The van der Waals surface area contributed by atoms with E-state index >= 15 is 0 Å². The summed E-state index contributed by atoms with van der Waals surface area (Å²) in [5.41, 5.74) is 3.13. The molecule has 1 N–H and O–H groups in total. The van der Waals surface area contributed by atoms with Crippen molar-refractivity contribution >= 4 is 17.3 Å². The quantitative estimate of drug-likeness (QED) is 0.903. The van der Waals surface area contributed by atoms with Gasteiger partial charge in [0.2, 0.25) is 0 Å². The van der Waals surface area contributed by atoms with Crippen LogP contribution in [0.4, 0.5) is 0 Å². The van der Waals surface area contributed by atoms with Gasteiger partial charge in [-0.2, -0.15) is 0 Å². The van der Waals surface area contributed by atoms with Gasteiger partial charge in [-0.05, 0) is 25.3 Å². The lowest BCUT2D eigenvalue weighted by molar-refractivity contribution is -0.141. The second-order valence-electron chi connectivity index (χ2n) is 4.60. The molecule has 0 aliphatic carbocycles. The van der Waals surface area contributed by atoms with Crippen LogP contribution in [-0.4, -0.2) is 16.1 Å². The maximum atomic E-state index is 11.0. The molecule has 19 heavy (non-hydrogen) atoms. The zero-order valence-corrected chi connectivity index (χ0v) is 11.9. The molecule has 0 radical (unpaired) electrons. The molecule has 0 saturated heterocycles. The van der Waals surface area contributed by atoms with Crippen molar-refractivity contribution in [3.8, 4) is 11.3 Å². The molecule has 3 nitrogen and oxygen atoms in total. The number of aromatic nitrogens is 1. The fourth-order valence-corrected chi connectivity index (χ4v) is 2.62. The van der Waals surface area contributed by atoms with Gasteiger partial charge in [0.05, 0.1) is 16.6 Å². The summed E-state index contributed by atoms with van der Waals surface area (Å²) in [6.07, 6.45) is 1.24. The van der Waals surface area contributed by atoms with Crippen LogP contribution in [0.1, 0.15) is 23.9 Å². The highest BCUT2D eigenvalue weighted by molar-refractivity contribution is 7.09. The second kappa shape index (κ2) is 5.97. The van der Waals surface area contributed by atoms with Crippen LogP contribution in [0.3, 0.4) is 0 Å². The fraction of sp³-hybridized carbons (Fsp3) is 0.333. The van der Waals surface area contributed by atoms with Crippen LogP contribution in [-0.2, 0) is 11.2 Å². The number of aryl methyl sites for hydroxylation is 1. The Labute approximate surface area is 116 Å². The number of carbonyl (C=O) groups is 1. The van der Waals surface area contributed by atoms with E-state index in [0.717, 1.165) is 21.8 Å². The summed E-state index contributed by atoms with van der Waals surface area (Å²) in [5.74, 6) is -1.02. The van der Waals surface area contributed by atoms with Crippen LogP contribution in [0.5, 0.6) is 0 Å². The Hall–Kier alpha value is -1.68. The zero-order valence-electron chi connectivity index (χ0n) is 11.1. The largest absolute Gasteiger partial charge is 0.481 e. The predicted molar refractivity (Wildman–Crippen MR) is 77.4 cm³/mol. The van der Waals surface area contributed by atoms with Gasteiger partial charge in [-0.15, -0.1) is 11.3 Å². The van der Waals surface area contributed by atoms with Gasteiger partial charge in [-0.25, -0.2) is 4.98 Å². The Morgan fingerprint density at radius 2 is 2.05 bits per heavy atom. The van der Waals surface area contributed by atoms with Gasteiger partial charge < -0.3 is 5.11 Å². The normalized spacial score (nSPS) is 12.3. The first-order valence-electron chi connectivity index (χ1n) is 6.34. The van der Waals surface area contributed by atoms with Crippen molar-refractivity contribution in [2.75, 3.05) is 0 Å². The van der Waals surface area contributed by atoms with Crippen molar-refractivity contribution in [1.29, 1.82) is 0 Å². The smallest absolute Gasteiger partial charge is 0.306 e. The predicted octanol–water partition coefficient (Wildman–Crippen LogP) is 3.77. The molecule has 0 aliphatic heterocycles. The van der Waals surface area contributed by atoms with E-state index in [4.69, 9.17) is 5.11 Å². The second-order valence-corrected chi connectivity index (χ2v) is 5.66. The Morgan fingerprint density at radius 1 is 1.37 bits per heavy atom. The van der Waals surface area contributed by atoms with Gasteiger partial charge in [0, 0.05) is 10.9 Å². The van der Waals surface area contributed by atoms with Crippen molar-refractivity contribution in [2.24, 2.45) is 5.92 Å². The minimum absolute atomic E-state index is 0.299. The molecular formula is C15H17NO2S. The highest BCUT2D eigenvalue weighted by Crippen LogP contribution is 2.22. The topological polar surface area (TPSA) is 50.2 Å². The van der Waals surface area contributed by atoms with E-state index in [9.17, 15) is 4.79 Å². The van der Waals surface area contributed by atoms with Gasteiger partial charge in [-0.1, -0.05) is 31.2 Å². The molecule has 1 atom stereocenters. The maximum absolute atomic E-state index is 11.0. The van der Waals surface area contributed by atoms with Crippen molar-refractivity contribution in [3.05, 3.63) is 40.2 Å². The van der Waals surface area contributed by atoms with Crippen molar-refractivity contribution in [3.63, 3.8) is 0 Å². The maximum Gasteiger partial charge on any atom is 0.306 e. The van der Waals surface area contributed by atoms with E-state index in [0.29, 0.717) is 12.8 Å². The van der Waals surface area contributed by atoms with Crippen LogP contribution in [0.15, 0.2) is 29.6 Å². The Morgan fingerprint density at radius 3 is 2.53 bits per heavy atom. The summed E-state index contributed by atoms with van der Waals surface area (Å²) in [4.78, 5) is 15.5. The highest BCUT2D eigenvalue weighted by Gasteiger charge is 2.15. The molecule has 1 unspecified atom stereocenters. The Kier molecular flexibility index (Phi) is 4.32. The first-order chi connectivity index (χ1) is 9.10. The highest BCUT2D eigenvalue weighted by atomic mass is 32.1. The number of hydrogen-bond acceptors (Lipinski definition) is 3. The third-order valence-electron chi connectivity index (χ3n) is 3.19. The third-order valence-corrected chi connectivity index (χ3v) is 3.97. The fourth-order valence-electron chi connectivity index (χ4n) is 2.00. The van der Waals surface area contributed by atoms with E-state index in [-0.39, 0.29) is 5.92 Å². The van der Waals surface area contributed by atoms with Gasteiger partial charge in [-0.3, -0.25) is 4.79 Å². The number of benzene rings is 1. The zero-order chi connectivity index (χ0) is 13.8. The summed E-state index contributed by atoms with van der Waals surface area (Å²) in [7, 11) is 0. The molecule has 1 heterocycles. The molecule has 4 heteroatoms. The van der Waals surface area contributed by atoms with Gasteiger partial charge in [0.1, 0.15) is 0 Å². The van der Waals surface area contributed by atoms with Crippen LogP contribution < -0.4 is 0 Å². The average molecular weight is 275 g/mol. The Bertz CT molecular complexity index is 560. The van der Waals surface area contributed by atoms with Crippen molar-refractivity contribution in [2.45, 2.75) is 26.7 Å². The minimum atomic E-state index is -0.721. The van der Waals surface area contributed by atoms with Crippen LogP contribution >= 0.6 is 11.3 Å². The van der Waals surface area contributed by atoms with Crippen molar-refractivity contribution in [1.82, 2.24) is 4.98 Å². The van der Waals surface area contributed by atoms with E-state index in [1.807, 2.05) is 43.5 Å². The summed E-state index contributed by atoms with van der Waals surface area (Å²) >= 11 is 1.63. The number of thiazole rings is 1. The number of hydrogen-bond donors (Lipinski definition) is 1. The summed E-state index contributed by atoms with van der Waals surface area (Å²) in [5, 5.41) is 12.2. The molecule has 2 aromatic rings. The lowest BCUT2D eigenvalue weighted by Gasteiger charge is -2.09. The lowest BCUT2D eigenvalue weighted by atomic mass is 9.96. The van der Waals surface area contributed by atoms with Gasteiger partial charge in [0.25, 0.3) is 0 Å². The number of carboxylic acids is 1. The van der Waals surface area contributed by atoms with Crippen molar-refractivity contribution < 1.29 is 9.90 Å². The number of aliphatic carboxylic acids is 1. The van der Waals surface area contributed by atoms with Crippen LogP contribution in [0.2, 0.25) is 0 Å². The monoisotopic (exact) mass is 275 g/mol. The molecule has 0 fully saturated rings. The summed E-state index contributed by atoms with van der Waals surface area (Å²) < 4.78 is 0. The van der Waals surface area contributed by atoms with E-state index in [1.54, 1.807) is 11.3 Å². The lowest BCUT2D eigenvalue weighted by Crippen LogP contribution is -2.15. The van der Waals surface area contributed by atoms with Gasteiger partial charge in [0.15, 0.2) is 0 Å².